The number of aromatic nitrogens is 2. The van der Waals surface area contributed by atoms with Gasteiger partial charge in [-0.05, 0) is 29.3 Å². The fourth-order valence-corrected chi connectivity index (χ4v) is 6.17. The first-order valence-corrected chi connectivity index (χ1v) is 13.0. The summed E-state index contributed by atoms with van der Waals surface area (Å²) in [6, 6.07) is 23.9. The van der Waals surface area contributed by atoms with Gasteiger partial charge in [0.05, 0.1) is 5.39 Å². The molecule has 0 bridgehead atoms. The molecule has 0 saturated heterocycles. The molecule has 2 heterocycles. The van der Waals surface area contributed by atoms with Crippen molar-refractivity contribution in [3.63, 3.8) is 0 Å². The molecule has 5 aromatic rings. The number of carbonyl (C=O) groups excluding carboxylic acids is 1. The molecule has 1 amide bonds. The Kier molecular flexibility index (Phi) is 6.92. The van der Waals surface area contributed by atoms with Crippen molar-refractivity contribution in [3.8, 4) is 11.1 Å². The van der Waals surface area contributed by atoms with Gasteiger partial charge in [0.15, 0.2) is 5.16 Å². The largest absolute Gasteiger partial charge is 0.325 e. The zero-order chi connectivity index (χ0) is 24.4. The van der Waals surface area contributed by atoms with Crippen molar-refractivity contribution >= 4 is 68.1 Å². The summed E-state index contributed by atoms with van der Waals surface area (Å²) in [4.78, 5) is 34.6. The molecule has 0 aliphatic rings. The molecule has 0 aliphatic heterocycles. The Morgan fingerprint density at radius 2 is 1.63 bits per heavy atom. The number of carbonyl (C=O) groups is 1. The van der Waals surface area contributed by atoms with Crippen molar-refractivity contribution in [3.05, 3.63) is 110 Å². The van der Waals surface area contributed by atoms with Gasteiger partial charge in [-0.25, -0.2) is 4.98 Å². The van der Waals surface area contributed by atoms with Gasteiger partial charge in [0, 0.05) is 26.7 Å². The minimum absolute atomic E-state index is 0.244. The molecule has 5 nitrogen and oxygen atoms in total. The van der Waals surface area contributed by atoms with Crippen LogP contribution in [-0.2, 0) is 4.79 Å². The Labute approximate surface area is 219 Å². The van der Waals surface area contributed by atoms with Crippen LogP contribution in [0, 0.1) is 0 Å². The number of nitrogens with one attached hydrogen (secondary N) is 2. The van der Waals surface area contributed by atoms with Gasteiger partial charge in [0.1, 0.15) is 10.1 Å². The summed E-state index contributed by atoms with van der Waals surface area (Å²) >= 11 is 14.8. The third kappa shape index (κ3) is 5.28. The first kappa shape index (κ1) is 23.6. The average molecular weight is 538 g/mol. The van der Waals surface area contributed by atoms with Crippen LogP contribution in [0.3, 0.4) is 0 Å². The van der Waals surface area contributed by atoms with E-state index in [4.69, 9.17) is 23.2 Å². The second kappa shape index (κ2) is 10.3. The number of benzene rings is 3. The van der Waals surface area contributed by atoms with Crippen LogP contribution >= 0.6 is 46.3 Å². The highest BCUT2D eigenvalue weighted by molar-refractivity contribution is 8.00. The predicted octanol–water partition coefficient (Wildman–Crippen LogP) is 7.43. The Hall–Kier alpha value is -3.10. The van der Waals surface area contributed by atoms with E-state index in [1.54, 1.807) is 18.2 Å². The van der Waals surface area contributed by atoms with Crippen LogP contribution in [0.5, 0.6) is 0 Å². The minimum Gasteiger partial charge on any atom is -0.325 e. The molecule has 1 atom stereocenters. The third-order valence-electron chi connectivity index (χ3n) is 5.21. The Morgan fingerprint density at radius 1 is 0.971 bits per heavy atom. The number of H-pyrrole nitrogens is 1. The molecule has 0 saturated carbocycles. The Balaban J connectivity index is 1.49. The van der Waals surface area contributed by atoms with E-state index >= 15 is 0 Å². The molecule has 0 fully saturated rings. The lowest BCUT2D eigenvalue weighted by Gasteiger charge is -2.17. The Bertz CT molecular complexity index is 1550. The van der Waals surface area contributed by atoms with Crippen molar-refractivity contribution < 1.29 is 4.79 Å². The molecule has 35 heavy (non-hydrogen) atoms. The van der Waals surface area contributed by atoms with E-state index in [1.807, 2.05) is 66.0 Å². The summed E-state index contributed by atoms with van der Waals surface area (Å²) < 4.78 is 0. The van der Waals surface area contributed by atoms with Gasteiger partial charge in [-0.1, -0.05) is 95.6 Å². The third-order valence-corrected chi connectivity index (χ3v) is 7.65. The summed E-state index contributed by atoms with van der Waals surface area (Å²) in [6.45, 7) is 0. The number of nitrogens with zero attached hydrogens (tertiary/aromatic N) is 1. The lowest BCUT2D eigenvalue weighted by atomic mass is 10.1. The zero-order valence-corrected chi connectivity index (χ0v) is 21.1. The molecular formula is C26H17Cl2N3O2S2. The number of fused-ring (bicyclic) bond motifs is 1. The van der Waals surface area contributed by atoms with Gasteiger partial charge in [0.2, 0.25) is 5.91 Å². The quantitative estimate of drug-likeness (QED) is 0.174. The lowest BCUT2D eigenvalue weighted by molar-refractivity contribution is -0.115. The van der Waals surface area contributed by atoms with Crippen molar-refractivity contribution in [1.82, 2.24) is 9.97 Å². The van der Waals surface area contributed by atoms with Gasteiger partial charge < -0.3 is 10.3 Å². The highest BCUT2D eigenvalue weighted by Gasteiger charge is 2.24. The van der Waals surface area contributed by atoms with E-state index in [2.05, 4.69) is 15.3 Å². The van der Waals surface area contributed by atoms with E-state index in [1.165, 1.54) is 23.1 Å². The number of aromatic amines is 1. The average Bonchev–Trinajstić information content (AvgIpc) is 3.27. The van der Waals surface area contributed by atoms with Crippen LogP contribution in [0.4, 0.5) is 5.69 Å². The number of hydrogen-bond acceptors (Lipinski definition) is 5. The first-order chi connectivity index (χ1) is 17.0. The number of rotatable bonds is 6. The number of thiophene rings is 1. The van der Waals surface area contributed by atoms with Crippen molar-refractivity contribution in [1.29, 1.82) is 0 Å². The van der Waals surface area contributed by atoms with E-state index in [0.717, 1.165) is 16.7 Å². The summed E-state index contributed by atoms with van der Waals surface area (Å²) in [5.74, 6) is -0.293. The van der Waals surface area contributed by atoms with Crippen molar-refractivity contribution in [2.24, 2.45) is 0 Å². The van der Waals surface area contributed by atoms with Gasteiger partial charge in [-0.15, -0.1) is 11.3 Å². The van der Waals surface area contributed by atoms with E-state index in [0.29, 0.717) is 31.1 Å². The van der Waals surface area contributed by atoms with Crippen molar-refractivity contribution in [2.75, 3.05) is 5.32 Å². The molecular weight excluding hydrogens is 521 g/mol. The highest BCUT2D eigenvalue weighted by atomic mass is 35.5. The van der Waals surface area contributed by atoms with Crippen LogP contribution in [0.1, 0.15) is 10.8 Å². The molecule has 0 radical (unpaired) electrons. The summed E-state index contributed by atoms with van der Waals surface area (Å²) in [6.07, 6.45) is 0. The van der Waals surface area contributed by atoms with Crippen LogP contribution in [0.2, 0.25) is 10.0 Å². The van der Waals surface area contributed by atoms with Crippen LogP contribution in [0.15, 0.2) is 94.2 Å². The maximum atomic E-state index is 13.3. The lowest BCUT2D eigenvalue weighted by Crippen LogP contribution is -2.20. The van der Waals surface area contributed by atoms with E-state index in [-0.39, 0.29) is 11.5 Å². The van der Waals surface area contributed by atoms with Gasteiger partial charge in [-0.3, -0.25) is 9.59 Å². The molecule has 0 spiro atoms. The SMILES string of the molecule is O=C(Nc1cc(Cl)cc(Cl)c1)[C@H](Sc1nc2scc(-c3ccccc3)c2c(=O)[nH]1)c1ccccc1. The Morgan fingerprint density at radius 3 is 2.31 bits per heavy atom. The number of hydrogen-bond donors (Lipinski definition) is 2. The molecule has 2 aromatic heterocycles. The number of thioether (sulfide) groups is 1. The second-order valence-electron chi connectivity index (χ2n) is 7.62. The standard InChI is InChI=1S/C26H17Cl2N3O2S2/c27-17-11-18(28)13-19(12-17)29-24(33)22(16-9-5-2-6-10-16)35-26-30-23(32)21-20(14-34-25(21)31-26)15-7-3-1-4-8-15/h1-14,22H,(H,29,33)(H,30,31,32)/t22-/m1/s1. The molecule has 9 heteroatoms. The fourth-order valence-electron chi connectivity index (χ4n) is 3.66. The normalized spacial score (nSPS) is 11.9. The van der Waals surface area contributed by atoms with Crippen LogP contribution in [0.25, 0.3) is 21.3 Å². The summed E-state index contributed by atoms with van der Waals surface area (Å²) in [5, 5.41) is 5.86. The minimum atomic E-state index is -0.678. The monoisotopic (exact) mass is 537 g/mol. The maximum Gasteiger partial charge on any atom is 0.260 e. The number of anilines is 1. The molecule has 2 N–H and O–H groups in total. The maximum absolute atomic E-state index is 13.3. The zero-order valence-electron chi connectivity index (χ0n) is 18.0. The molecule has 174 valence electrons. The summed E-state index contributed by atoms with van der Waals surface area (Å²) in [5.41, 5.74) is 2.80. The number of halogens is 2. The molecule has 0 aliphatic carbocycles. The van der Waals surface area contributed by atoms with Crippen LogP contribution in [-0.4, -0.2) is 15.9 Å². The summed E-state index contributed by atoms with van der Waals surface area (Å²) in [7, 11) is 0. The van der Waals surface area contributed by atoms with Gasteiger partial charge >= 0.3 is 0 Å². The molecule has 0 unspecified atom stereocenters. The topological polar surface area (TPSA) is 74.8 Å². The number of amides is 1. The van der Waals surface area contributed by atoms with E-state index in [9.17, 15) is 9.59 Å². The van der Waals surface area contributed by atoms with Gasteiger partial charge in [0.25, 0.3) is 5.56 Å². The second-order valence-corrected chi connectivity index (χ2v) is 10.4. The first-order valence-electron chi connectivity index (χ1n) is 10.5. The van der Waals surface area contributed by atoms with Crippen molar-refractivity contribution in [2.45, 2.75) is 10.4 Å². The smallest absolute Gasteiger partial charge is 0.260 e. The fraction of sp³-hybridized carbons (Fsp3) is 0.0385. The molecule has 5 rings (SSSR count). The molecule has 3 aromatic carbocycles. The van der Waals surface area contributed by atoms with E-state index < -0.39 is 5.25 Å². The predicted molar refractivity (Wildman–Crippen MR) is 146 cm³/mol. The highest BCUT2D eigenvalue weighted by Crippen LogP contribution is 2.37. The van der Waals surface area contributed by atoms with Gasteiger partial charge in [-0.2, -0.15) is 0 Å². The van der Waals surface area contributed by atoms with Crippen LogP contribution < -0.4 is 10.9 Å².